The number of hydrogen-bond donors (Lipinski definition) is 2. The van der Waals surface area contributed by atoms with E-state index in [1.807, 2.05) is 0 Å². The predicted octanol–water partition coefficient (Wildman–Crippen LogP) is 1.12. The van der Waals surface area contributed by atoms with Crippen molar-refractivity contribution in [1.82, 2.24) is 9.97 Å². The van der Waals surface area contributed by atoms with Crippen LogP contribution >= 0.6 is 0 Å². The molecule has 0 saturated carbocycles. The standard InChI is InChI=1S/C12H13N3O3S/c1-19(18)6-5-13-12-14-7-8-3-2-4-9(11(16)17)10(8)15-12/h2-4,7H,5-6H2,1H3,(H,16,17)(H,13,14,15). The lowest BCUT2D eigenvalue weighted by molar-refractivity contribution is 0.0699. The fourth-order valence-electron chi connectivity index (χ4n) is 1.62. The number of carbonyl (C=O) groups is 1. The molecule has 1 aromatic carbocycles. The van der Waals surface area contributed by atoms with Gasteiger partial charge in [-0.2, -0.15) is 0 Å². The molecule has 1 atom stereocenters. The summed E-state index contributed by atoms with van der Waals surface area (Å²) in [5.74, 6) is -0.196. The lowest BCUT2D eigenvalue weighted by Gasteiger charge is -2.06. The van der Waals surface area contributed by atoms with Crippen molar-refractivity contribution in [1.29, 1.82) is 0 Å². The van der Waals surface area contributed by atoms with Gasteiger partial charge in [-0.15, -0.1) is 0 Å². The summed E-state index contributed by atoms with van der Waals surface area (Å²) in [6.07, 6.45) is 3.19. The second-order valence-corrected chi connectivity index (χ2v) is 5.50. The van der Waals surface area contributed by atoms with Crippen LogP contribution in [0.15, 0.2) is 24.4 Å². The molecule has 2 N–H and O–H groups in total. The zero-order valence-electron chi connectivity index (χ0n) is 10.3. The first-order valence-electron chi connectivity index (χ1n) is 5.61. The van der Waals surface area contributed by atoms with Crippen LogP contribution in [0.5, 0.6) is 0 Å². The summed E-state index contributed by atoms with van der Waals surface area (Å²) in [5, 5.41) is 12.7. The maximum absolute atomic E-state index is 11.1. The van der Waals surface area contributed by atoms with E-state index in [2.05, 4.69) is 15.3 Å². The number of benzene rings is 1. The van der Waals surface area contributed by atoms with Crippen LogP contribution in [0.4, 0.5) is 5.95 Å². The summed E-state index contributed by atoms with van der Waals surface area (Å²) in [5.41, 5.74) is 0.534. The molecule has 6 nitrogen and oxygen atoms in total. The molecule has 0 spiro atoms. The normalized spacial score (nSPS) is 12.3. The highest BCUT2D eigenvalue weighted by Crippen LogP contribution is 2.17. The van der Waals surface area contributed by atoms with Crippen LogP contribution in [-0.2, 0) is 10.8 Å². The van der Waals surface area contributed by atoms with Gasteiger partial charge in [0.1, 0.15) is 0 Å². The number of aromatic nitrogens is 2. The number of nitrogens with one attached hydrogen (secondary N) is 1. The molecule has 0 radical (unpaired) electrons. The molecule has 1 unspecified atom stereocenters. The van der Waals surface area contributed by atoms with Crippen LogP contribution in [0.1, 0.15) is 10.4 Å². The van der Waals surface area contributed by atoms with Gasteiger partial charge in [-0.1, -0.05) is 12.1 Å². The summed E-state index contributed by atoms with van der Waals surface area (Å²) < 4.78 is 10.9. The van der Waals surface area contributed by atoms with Crippen molar-refractivity contribution in [2.24, 2.45) is 0 Å². The maximum Gasteiger partial charge on any atom is 0.337 e. The van der Waals surface area contributed by atoms with E-state index >= 15 is 0 Å². The Balaban J connectivity index is 2.30. The van der Waals surface area contributed by atoms with Crippen LogP contribution in [0, 0.1) is 0 Å². The van der Waals surface area contributed by atoms with Gasteiger partial charge in [-0.25, -0.2) is 14.8 Å². The highest BCUT2D eigenvalue weighted by Gasteiger charge is 2.10. The number of rotatable bonds is 5. The molecule has 7 heteroatoms. The smallest absolute Gasteiger partial charge is 0.337 e. The third-order valence-electron chi connectivity index (χ3n) is 2.51. The van der Waals surface area contributed by atoms with Crippen LogP contribution in [-0.4, -0.2) is 43.8 Å². The van der Waals surface area contributed by atoms with E-state index in [0.717, 1.165) is 0 Å². The molecule has 0 aliphatic heterocycles. The minimum atomic E-state index is -1.02. The Labute approximate surface area is 112 Å². The van der Waals surface area contributed by atoms with Crippen molar-refractivity contribution in [3.8, 4) is 0 Å². The molecule has 0 saturated heterocycles. The Kier molecular flexibility index (Phi) is 4.06. The largest absolute Gasteiger partial charge is 0.478 e. The van der Waals surface area contributed by atoms with Crippen molar-refractivity contribution < 1.29 is 14.1 Å². The first-order chi connectivity index (χ1) is 9.08. The third kappa shape index (κ3) is 3.25. The molecule has 2 rings (SSSR count). The Morgan fingerprint density at radius 3 is 2.95 bits per heavy atom. The van der Waals surface area contributed by atoms with Crippen molar-refractivity contribution >= 4 is 33.6 Å². The minimum absolute atomic E-state index is 0.141. The number of fused-ring (bicyclic) bond motifs is 1. The van der Waals surface area contributed by atoms with E-state index in [-0.39, 0.29) is 5.56 Å². The molecule has 19 heavy (non-hydrogen) atoms. The average molecular weight is 279 g/mol. The fourth-order valence-corrected chi connectivity index (χ4v) is 2.01. The second kappa shape index (κ2) is 5.75. The first kappa shape index (κ1) is 13.4. The van der Waals surface area contributed by atoms with Crippen molar-refractivity contribution in [3.63, 3.8) is 0 Å². The highest BCUT2D eigenvalue weighted by atomic mass is 32.2. The molecule has 0 amide bonds. The van der Waals surface area contributed by atoms with Crippen LogP contribution in [0.2, 0.25) is 0 Å². The molecule has 0 fully saturated rings. The van der Waals surface area contributed by atoms with Crippen LogP contribution in [0.3, 0.4) is 0 Å². The van der Waals surface area contributed by atoms with E-state index in [0.29, 0.717) is 29.1 Å². The number of carboxylic acids is 1. The predicted molar refractivity (Wildman–Crippen MR) is 73.9 cm³/mol. The Hall–Kier alpha value is -2.02. The van der Waals surface area contributed by atoms with E-state index in [4.69, 9.17) is 5.11 Å². The average Bonchev–Trinajstić information content (AvgIpc) is 2.37. The van der Waals surface area contributed by atoms with Gasteiger partial charge in [-0.3, -0.25) is 4.21 Å². The molecule has 0 aliphatic rings. The number of carboxylic acid groups (broad SMARTS) is 1. The monoisotopic (exact) mass is 279 g/mol. The highest BCUT2D eigenvalue weighted by molar-refractivity contribution is 7.84. The summed E-state index contributed by atoms with van der Waals surface area (Å²) in [6.45, 7) is 0.476. The first-order valence-corrected chi connectivity index (χ1v) is 7.33. The summed E-state index contributed by atoms with van der Waals surface area (Å²) in [4.78, 5) is 19.4. The zero-order valence-corrected chi connectivity index (χ0v) is 11.1. The van der Waals surface area contributed by atoms with E-state index in [9.17, 15) is 9.00 Å². The topological polar surface area (TPSA) is 92.2 Å². The lowest BCUT2D eigenvalue weighted by Crippen LogP contribution is -2.12. The third-order valence-corrected chi connectivity index (χ3v) is 3.29. The number of nitrogens with zero attached hydrogens (tertiary/aromatic N) is 2. The molecule has 2 aromatic rings. The maximum atomic E-state index is 11.1. The quantitative estimate of drug-likeness (QED) is 0.852. The van der Waals surface area contributed by atoms with E-state index in [1.165, 1.54) is 6.07 Å². The van der Waals surface area contributed by atoms with Gasteiger partial charge >= 0.3 is 5.97 Å². The van der Waals surface area contributed by atoms with Crippen molar-refractivity contribution in [2.75, 3.05) is 23.9 Å². The van der Waals surface area contributed by atoms with Crippen molar-refractivity contribution in [2.45, 2.75) is 0 Å². The van der Waals surface area contributed by atoms with E-state index < -0.39 is 16.8 Å². The zero-order chi connectivity index (χ0) is 13.8. The van der Waals surface area contributed by atoms with Gasteiger partial charge in [0.2, 0.25) is 5.95 Å². The number of para-hydroxylation sites is 1. The van der Waals surface area contributed by atoms with Gasteiger partial charge in [0.25, 0.3) is 0 Å². The van der Waals surface area contributed by atoms with Crippen molar-refractivity contribution in [3.05, 3.63) is 30.0 Å². The lowest BCUT2D eigenvalue weighted by atomic mass is 10.1. The summed E-state index contributed by atoms with van der Waals surface area (Å²) >= 11 is 0. The molecule has 0 aliphatic carbocycles. The van der Waals surface area contributed by atoms with Crippen LogP contribution < -0.4 is 5.32 Å². The van der Waals surface area contributed by atoms with Gasteiger partial charge < -0.3 is 10.4 Å². The molecule has 0 bridgehead atoms. The number of hydrogen-bond acceptors (Lipinski definition) is 5. The Morgan fingerprint density at radius 2 is 2.26 bits per heavy atom. The molecule has 100 valence electrons. The Morgan fingerprint density at radius 1 is 1.47 bits per heavy atom. The van der Waals surface area contributed by atoms with Crippen LogP contribution in [0.25, 0.3) is 10.9 Å². The Bertz CT molecular complexity index is 645. The number of anilines is 1. The molecular formula is C12H13N3O3S. The van der Waals surface area contributed by atoms with Gasteiger partial charge in [0, 0.05) is 40.9 Å². The van der Waals surface area contributed by atoms with E-state index in [1.54, 1.807) is 24.6 Å². The minimum Gasteiger partial charge on any atom is -0.478 e. The summed E-state index contributed by atoms with van der Waals surface area (Å²) in [6, 6.07) is 4.91. The fraction of sp³-hybridized carbons (Fsp3) is 0.250. The second-order valence-electron chi connectivity index (χ2n) is 3.95. The SMILES string of the molecule is CS(=O)CCNc1ncc2cccc(C(=O)O)c2n1. The van der Waals surface area contributed by atoms with Gasteiger partial charge in [-0.05, 0) is 6.07 Å². The molecule has 1 aromatic heterocycles. The molecule has 1 heterocycles. The van der Waals surface area contributed by atoms with Gasteiger partial charge in [0.05, 0.1) is 11.1 Å². The molecular weight excluding hydrogens is 266 g/mol. The van der Waals surface area contributed by atoms with Gasteiger partial charge in [0.15, 0.2) is 0 Å². The number of aromatic carboxylic acids is 1. The summed E-state index contributed by atoms with van der Waals surface area (Å²) in [7, 11) is -0.890.